The van der Waals surface area contributed by atoms with Gasteiger partial charge in [0.1, 0.15) is 6.10 Å². The summed E-state index contributed by atoms with van der Waals surface area (Å²) in [4.78, 5) is 0. The number of hydrogen-bond donors (Lipinski definition) is 4. The molecule has 0 aliphatic heterocycles. The van der Waals surface area contributed by atoms with Gasteiger partial charge in [0.05, 0.1) is 12.2 Å². The normalized spacial score (nSPS) is 27.4. The molecular weight excluding hydrogens is 366 g/mol. The highest BCUT2D eigenvalue weighted by Gasteiger charge is 2.43. The number of rotatable bonds is 5. The second-order valence-corrected chi connectivity index (χ2v) is 8.16. The Kier molecular flexibility index (Phi) is 5.74. The SMILES string of the molecule is CCc1ccc(Cn2cc([C@@H]3C[C@H](CO)[C@@H](O)[C@H](O)[C@H]3O)c3ccccc32)cc1. The highest BCUT2D eigenvalue weighted by molar-refractivity contribution is 5.84. The predicted molar refractivity (Wildman–Crippen MR) is 113 cm³/mol. The van der Waals surface area contributed by atoms with Crippen molar-refractivity contribution in [2.45, 2.75) is 50.5 Å². The van der Waals surface area contributed by atoms with Crippen LogP contribution in [0.5, 0.6) is 0 Å². The third-order valence-corrected chi connectivity index (χ3v) is 6.39. The van der Waals surface area contributed by atoms with Crippen molar-refractivity contribution in [3.05, 3.63) is 71.4 Å². The zero-order valence-corrected chi connectivity index (χ0v) is 16.6. The van der Waals surface area contributed by atoms with Gasteiger partial charge in [-0.05, 0) is 35.6 Å². The van der Waals surface area contributed by atoms with Crippen LogP contribution in [-0.4, -0.2) is 49.9 Å². The standard InChI is InChI=1S/C24H29NO4/c1-2-15-7-9-16(10-8-15)12-25-13-20(18-5-3-4-6-21(18)25)19-11-17(14-26)22(27)24(29)23(19)28/h3-10,13,17,19,22-24,26-29H,2,11-12,14H2,1H3/t17-,19+,22-,23+,24+/m1/s1. The first-order valence-electron chi connectivity index (χ1n) is 10.3. The van der Waals surface area contributed by atoms with Crippen LogP contribution in [0, 0.1) is 5.92 Å². The van der Waals surface area contributed by atoms with Crippen LogP contribution < -0.4 is 0 Å². The highest BCUT2D eigenvalue weighted by Crippen LogP contribution is 2.40. The maximum Gasteiger partial charge on any atom is 0.107 e. The van der Waals surface area contributed by atoms with Crippen molar-refractivity contribution < 1.29 is 20.4 Å². The Labute approximate surface area is 170 Å². The largest absolute Gasteiger partial charge is 0.396 e. The molecule has 154 valence electrons. The van der Waals surface area contributed by atoms with Gasteiger partial charge in [-0.15, -0.1) is 0 Å². The third kappa shape index (κ3) is 3.71. The molecule has 2 aromatic carbocycles. The molecule has 0 amide bonds. The van der Waals surface area contributed by atoms with E-state index in [1.165, 1.54) is 11.1 Å². The maximum absolute atomic E-state index is 10.7. The van der Waals surface area contributed by atoms with Crippen molar-refractivity contribution >= 4 is 10.9 Å². The van der Waals surface area contributed by atoms with Crippen LogP contribution in [0.25, 0.3) is 10.9 Å². The molecule has 5 heteroatoms. The van der Waals surface area contributed by atoms with Crippen LogP contribution in [0.2, 0.25) is 0 Å². The highest BCUT2D eigenvalue weighted by atomic mass is 16.4. The van der Waals surface area contributed by atoms with E-state index in [4.69, 9.17) is 0 Å². The molecule has 1 aliphatic rings. The monoisotopic (exact) mass is 395 g/mol. The van der Waals surface area contributed by atoms with Crippen molar-refractivity contribution in [1.29, 1.82) is 0 Å². The van der Waals surface area contributed by atoms with E-state index in [-0.39, 0.29) is 12.5 Å². The van der Waals surface area contributed by atoms with Crippen LogP contribution >= 0.6 is 0 Å². The zero-order valence-electron chi connectivity index (χ0n) is 16.6. The first-order chi connectivity index (χ1) is 14.0. The van der Waals surface area contributed by atoms with Gasteiger partial charge in [-0.25, -0.2) is 0 Å². The number of benzene rings is 2. The lowest BCUT2D eigenvalue weighted by atomic mass is 9.73. The number of fused-ring (bicyclic) bond motifs is 1. The van der Waals surface area contributed by atoms with Gasteiger partial charge in [0.25, 0.3) is 0 Å². The van der Waals surface area contributed by atoms with E-state index in [9.17, 15) is 20.4 Å². The molecule has 0 saturated heterocycles. The van der Waals surface area contributed by atoms with Crippen molar-refractivity contribution in [3.8, 4) is 0 Å². The molecule has 1 fully saturated rings. The van der Waals surface area contributed by atoms with E-state index in [2.05, 4.69) is 41.8 Å². The fourth-order valence-electron chi connectivity index (χ4n) is 4.60. The van der Waals surface area contributed by atoms with Crippen LogP contribution in [0.15, 0.2) is 54.7 Å². The van der Waals surface area contributed by atoms with E-state index in [0.29, 0.717) is 13.0 Å². The quantitative estimate of drug-likeness (QED) is 0.535. The number of aliphatic hydroxyl groups excluding tert-OH is 4. The summed E-state index contributed by atoms with van der Waals surface area (Å²) in [5.41, 5.74) is 4.51. The van der Waals surface area contributed by atoms with E-state index in [1.807, 2.05) is 24.4 Å². The minimum atomic E-state index is -1.27. The van der Waals surface area contributed by atoms with Crippen molar-refractivity contribution in [2.75, 3.05) is 6.61 Å². The molecule has 5 atom stereocenters. The second-order valence-electron chi connectivity index (χ2n) is 8.16. The molecule has 1 aromatic heterocycles. The fraction of sp³-hybridized carbons (Fsp3) is 0.417. The van der Waals surface area contributed by atoms with E-state index in [1.54, 1.807) is 0 Å². The van der Waals surface area contributed by atoms with Crippen LogP contribution in [-0.2, 0) is 13.0 Å². The average Bonchev–Trinajstić information content (AvgIpc) is 3.11. The lowest BCUT2D eigenvalue weighted by Gasteiger charge is -2.40. The molecule has 1 heterocycles. The summed E-state index contributed by atoms with van der Waals surface area (Å²) in [5, 5.41) is 41.8. The minimum Gasteiger partial charge on any atom is -0.396 e. The van der Waals surface area contributed by atoms with Crippen molar-refractivity contribution in [3.63, 3.8) is 0 Å². The van der Waals surface area contributed by atoms with Gasteiger partial charge in [0.15, 0.2) is 0 Å². The van der Waals surface area contributed by atoms with Gasteiger partial charge in [-0.3, -0.25) is 0 Å². The summed E-state index contributed by atoms with van der Waals surface area (Å²) in [6.45, 7) is 2.63. The van der Waals surface area contributed by atoms with Crippen molar-refractivity contribution in [2.24, 2.45) is 5.92 Å². The Morgan fingerprint density at radius 1 is 0.897 bits per heavy atom. The average molecular weight is 395 g/mol. The van der Waals surface area contributed by atoms with Crippen molar-refractivity contribution in [1.82, 2.24) is 4.57 Å². The Balaban J connectivity index is 1.72. The van der Waals surface area contributed by atoms with Gasteiger partial charge < -0.3 is 25.0 Å². The summed E-state index contributed by atoms with van der Waals surface area (Å²) in [5.74, 6) is -0.804. The number of nitrogens with zero attached hydrogens (tertiary/aromatic N) is 1. The van der Waals surface area contributed by atoms with E-state index < -0.39 is 24.2 Å². The molecule has 0 bridgehead atoms. The smallest absolute Gasteiger partial charge is 0.107 e. The van der Waals surface area contributed by atoms with Gasteiger partial charge in [0, 0.05) is 42.1 Å². The molecule has 4 rings (SSSR count). The zero-order chi connectivity index (χ0) is 20.5. The Morgan fingerprint density at radius 3 is 2.28 bits per heavy atom. The summed E-state index contributed by atoms with van der Waals surface area (Å²) in [6, 6.07) is 16.6. The number of hydrogen-bond acceptors (Lipinski definition) is 4. The number of para-hydroxylation sites is 1. The molecule has 0 radical (unpaired) electrons. The number of aryl methyl sites for hydroxylation is 1. The van der Waals surface area contributed by atoms with Gasteiger partial charge >= 0.3 is 0 Å². The van der Waals surface area contributed by atoms with Crippen LogP contribution in [0.3, 0.4) is 0 Å². The predicted octanol–water partition coefficient (Wildman–Crippen LogP) is 2.43. The van der Waals surface area contributed by atoms with Gasteiger partial charge in [0.2, 0.25) is 0 Å². The number of aromatic nitrogens is 1. The first-order valence-corrected chi connectivity index (χ1v) is 10.3. The van der Waals surface area contributed by atoms with Crippen LogP contribution in [0.4, 0.5) is 0 Å². The molecule has 3 aromatic rings. The Morgan fingerprint density at radius 2 is 1.59 bits per heavy atom. The topological polar surface area (TPSA) is 85.9 Å². The lowest BCUT2D eigenvalue weighted by molar-refractivity contribution is -0.127. The molecule has 4 N–H and O–H groups in total. The molecule has 1 aliphatic carbocycles. The molecule has 29 heavy (non-hydrogen) atoms. The Bertz CT molecular complexity index is 963. The summed E-state index contributed by atoms with van der Waals surface area (Å²) >= 11 is 0. The minimum absolute atomic E-state index is 0.218. The summed E-state index contributed by atoms with van der Waals surface area (Å²) < 4.78 is 2.17. The fourth-order valence-corrected chi connectivity index (χ4v) is 4.60. The Hall–Kier alpha value is -2.18. The lowest BCUT2D eigenvalue weighted by Crippen LogP contribution is -2.51. The molecule has 1 saturated carbocycles. The van der Waals surface area contributed by atoms with Crippen LogP contribution in [0.1, 0.15) is 36.0 Å². The van der Waals surface area contributed by atoms with Gasteiger partial charge in [-0.1, -0.05) is 49.4 Å². The summed E-state index contributed by atoms with van der Waals surface area (Å²) in [7, 11) is 0. The van der Waals surface area contributed by atoms with E-state index >= 15 is 0 Å². The molecule has 0 spiro atoms. The van der Waals surface area contributed by atoms with Gasteiger partial charge in [-0.2, -0.15) is 0 Å². The maximum atomic E-state index is 10.7. The second kappa shape index (κ2) is 8.28. The number of aliphatic hydroxyl groups is 4. The third-order valence-electron chi connectivity index (χ3n) is 6.39. The van der Waals surface area contributed by atoms with E-state index in [0.717, 1.165) is 22.9 Å². The molecular formula is C24H29NO4. The molecule has 5 nitrogen and oxygen atoms in total. The first kappa shape index (κ1) is 20.1. The molecule has 0 unspecified atom stereocenters. The summed E-state index contributed by atoms with van der Waals surface area (Å²) in [6.07, 6.45) is 0.0267.